The van der Waals surface area contributed by atoms with Crippen LogP contribution in [0.5, 0.6) is 0 Å². The van der Waals surface area contributed by atoms with E-state index in [1.807, 2.05) is 0 Å². The average molecular weight is 309 g/mol. The Kier molecular flexibility index (Phi) is 4.62. The first-order valence-electron chi connectivity index (χ1n) is 3.38. The molecular formula is C4H12AsO7P2-. The van der Waals surface area contributed by atoms with Crippen molar-refractivity contribution in [1.82, 2.24) is 0 Å². The van der Waals surface area contributed by atoms with Crippen molar-refractivity contribution in [2.24, 2.45) is 0 Å². The summed E-state index contributed by atoms with van der Waals surface area (Å²) in [5.74, 6) is 0. The fourth-order valence-corrected chi connectivity index (χ4v) is 9.45. The van der Waals surface area contributed by atoms with Gasteiger partial charge in [-0.25, -0.2) is 0 Å². The van der Waals surface area contributed by atoms with Crippen LogP contribution in [-0.4, -0.2) is 39.5 Å². The van der Waals surface area contributed by atoms with Crippen molar-refractivity contribution in [2.75, 3.05) is 0 Å². The predicted octanol–water partition coefficient (Wildman–Crippen LogP) is -0.890. The van der Waals surface area contributed by atoms with Crippen LogP contribution in [0.15, 0.2) is 0 Å². The predicted molar refractivity (Wildman–Crippen MR) is 49.1 cm³/mol. The zero-order valence-electron chi connectivity index (χ0n) is 7.56. The third-order valence-electron chi connectivity index (χ3n) is 1.45. The zero-order chi connectivity index (χ0) is 11.8. The van der Waals surface area contributed by atoms with Gasteiger partial charge in [0.15, 0.2) is 0 Å². The molecule has 0 bridgehead atoms. The van der Waals surface area contributed by atoms with Gasteiger partial charge in [-0.3, -0.25) is 0 Å². The molecule has 10 heteroatoms. The second-order valence-corrected chi connectivity index (χ2v) is 12.2. The summed E-state index contributed by atoms with van der Waals surface area (Å²) in [6.45, 7) is 0. The molecule has 0 aromatic heterocycles. The van der Waals surface area contributed by atoms with Crippen LogP contribution < -0.4 is 4.89 Å². The van der Waals surface area contributed by atoms with Gasteiger partial charge in [-0.1, -0.05) is 0 Å². The molecule has 4 N–H and O–H groups in total. The zero-order valence-corrected chi connectivity index (χ0v) is 11.2. The summed E-state index contributed by atoms with van der Waals surface area (Å²) in [6, 6.07) is 0. The molecule has 0 aliphatic heterocycles. The van der Waals surface area contributed by atoms with Crippen molar-refractivity contribution in [1.29, 1.82) is 0 Å². The van der Waals surface area contributed by atoms with Gasteiger partial charge in [0.2, 0.25) is 0 Å². The van der Waals surface area contributed by atoms with E-state index in [1.165, 1.54) is 0 Å². The van der Waals surface area contributed by atoms with Crippen LogP contribution >= 0.6 is 15.2 Å². The van der Waals surface area contributed by atoms with Gasteiger partial charge in [0.05, 0.1) is 0 Å². The summed E-state index contributed by atoms with van der Waals surface area (Å²) < 4.78 is 21.5. The molecule has 86 valence electrons. The van der Waals surface area contributed by atoms with Gasteiger partial charge in [-0.05, 0) is 0 Å². The van der Waals surface area contributed by atoms with E-state index in [1.54, 1.807) is 11.4 Å². The van der Waals surface area contributed by atoms with Crippen LogP contribution in [0.2, 0.25) is 16.6 Å². The first kappa shape index (κ1) is 14.8. The van der Waals surface area contributed by atoms with Crippen molar-refractivity contribution in [3.05, 3.63) is 0 Å². The maximum absolute atomic E-state index is 10.8. The number of hydrogen-bond acceptors (Lipinski definition) is 4. The molecule has 0 amide bonds. The van der Waals surface area contributed by atoms with Crippen LogP contribution in [0.25, 0.3) is 0 Å². The van der Waals surface area contributed by atoms with E-state index < -0.39 is 40.1 Å². The molecule has 0 aliphatic carbocycles. The Labute approximate surface area is 85.7 Å². The van der Waals surface area contributed by atoms with Crippen LogP contribution in [0.3, 0.4) is 0 Å². The quantitative estimate of drug-likeness (QED) is 0.390. The minimum absolute atomic E-state index is 0.582. The van der Waals surface area contributed by atoms with E-state index in [4.69, 9.17) is 14.7 Å². The molecule has 2 atom stereocenters. The second kappa shape index (κ2) is 4.36. The molecule has 0 fully saturated rings. The fraction of sp³-hybridized carbons (Fsp3) is 1.00. The first-order chi connectivity index (χ1) is 5.92. The molecule has 7 nitrogen and oxygen atoms in total. The Morgan fingerprint density at radius 2 is 1.64 bits per heavy atom. The second-order valence-electron chi connectivity index (χ2n) is 3.08. The van der Waals surface area contributed by atoms with Gasteiger partial charge in [0.25, 0.3) is 0 Å². The van der Waals surface area contributed by atoms with Crippen LogP contribution in [0.4, 0.5) is 0 Å². The molecule has 0 rings (SSSR count). The van der Waals surface area contributed by atoms with Gasteiger partial charge in [-0.15, -0.1) is 0 Å². The van der Waals surface area contributed by atoms with E-state index >= 15 is 0 Å². The summed E-state index contributed by atoms with van der Waals surface area (Å²) in [5, 5.41) is 5.40. The maximum atomic E-state index is 10.8. The van der Waals surface area contributed by atoms with Crippen LogP contribution in [0, 0.1) is 0 Å². The number of rotatable bonds is 4. The Hall–Kier alpha value is 0.818. The normalized spacial score (nSPS) is 21.7. The standard InChI is InChI=1S/C4H13AsO7P2/c1-5(2)3-4(6,13(7,8)9)14(10,11)12/h6H,3H2,1-2H3,(H2,7,8,9)(H2,10,11,12)/p-1. The Morgan fingerprint density at radius 3 is 1.71 bits per heavy atom. The van der Waals surface area contributed by atoms with E-state index in [2.05, 4.69) is 0 Å². The third-order valence-corrected chi connectivity index (χ3v) is 8.51. The molecular weight excluding hydrogens is 297 g/mol. The Balaban J connectivity index is 5.30. The van der Waals surface area contributed by atoms with Gasteiger partial charge in [0, 0.05) is 0 Å². The monoisotopic (exact) mass is 309 g/mol. The van der Waals surface area contributed by atoms with Crippen LogP contribution in [0.1, 0.15) is 0 Å². The molecule has 0 radical (unpaired) electrons. The van der Waals surface area contributed by atoms with Crippen molar-refractivity contribution >= 4 is 29.8 Å². The topological polar surface area (TPSA) is 138 Å². The summed E-state index contributed by atoms with van der Waals surface area (Å²) in [7, 11) is -10.8. The van der Waals surface area contributed by atoms with Gasteiger partial charge >= 0.3 is 85.4 Å². The first-order valence-corrected chi connectivity index (χ1v) is 11.7. The van der Waals surface area contributed by atoms with E-state index in [9.17, 15) is 19.1 Å². The van der Waals surface area contributed by atoms with Crippen molar-refractivity contribution in [3.63, 3.8) is 0 Å². The molecule has 0 heterocycles. The molecule has 0 aliphatic rings. The van der Waals surface area contributed by atoms with Crippen LogP contribution in [-0.2, 0) is 9.13 Å². The Bertz CT molecular complexity index is 268. The minimum atomic E-state index is -5.48. The molecule has 14 heavy (non-hydrogen) atoms. The SMILES string of the molecule is C[As](C)CC(O)(P(=O)([O-])O)P(=O)(O)O. The fourth-order valence-electron chi connectivity index (χ4n) is 0.770. The molecule has 0 saturated carbocycles. The third kappa shape index (κ3) is 3.16. The van der Waals surface area contributed by atoms with Gasteiger partial charge < -0.3 is 0 Å². The van der Waals surface area contributed by atoms with Gasteiger partial charge in [-0.2, -0.15) is 0 Å². The molecule has 0 aromatic carbocycles. The average Bonchev–Trinajstić information content (AvgIpc) is 1.79. The van der Waals surface area contributed by atoms with Gasteiger partial charge in [0.1, 0.15) is 0 Å². The van der Waals surface area contributed by atoms with Crippen molar-refractivity contribution in [2.45, 2.75) is 21.7 Å². The molecule has 0 spiro atoms. The Morgan fingerprint density at radius 1 is 1.29 bits per heavy atom. The van der Waals surface area contributed by atoms with E-state index in [0.29, 0.717) is 0 Å². The number of hydrogen-bond donors (Lipinski definition) is 4. The molecule has 0 aromatic rings. The van der Waals surface area contributed by atoms with Crippen molar-refractivity contribution in [3.8, 4) is 0 Å². The molecule has 0 saturated heterocycles. The molecule has 2 unspecified atom stereocenters. The summed E-state index contributed by atoms with van der Waals surface area (Å²) in [4.78, 5) is 36.6. The number of aliphatic hydroxyl groups is 1. The van der Waals surface area contributed by atoms with Crippen molar-refractivity contribution < 1.29 is 33.8 Å². The van der Waals surface area contributed by atoms with E-state index in [-0.39, 0.29) is 0 Å². The van der Waals surface area contributed by atoms with E-state index in [0.717, 1.165) is 0 Å². The summed E-state index contributed by atoms with van der Waals surface area (Å²) >= 11 is -1.83. The summed E-state index contributed by atoms with van der Waals surface area (Å²) in [6.07, 6.45) is 0. The summed E-state index contributed by atoms with van der Waals surface area (Å²) in [5.41, 5.74) is 3.20.